The maximum atomic E-state index is 13.7. The van der Waals surface area contributed by atoms with Crippen molar-refractivity contribution in [3.05, 3.63) is 69.8 Å². The second kappa shape index (κ2) is 6.36. The number of para-hydroxylation sites is 1. The van der Waals surface area contributed by atoms with Gasteiger partial charge in [0.05, 0.1) is 5.69 Å². The first-order chi connectivity index (χ1) is 11.0. The number of hydrogen-bond donors (Lipinski definition) is 2. The molecule has 7 heteroatoms. The first-order valence-corrected chi connectivity index (χ1v) is 7.82. The molecular formula is C16H11ClFN3OS. The molecule has 3 N–H and O–H groups in total. The molecule has 0 saturated heterocycles. The van der Waals surface area contributed by atoms with Gasteiger partial charge in [0.15, 0.2) is 5.13 Å². The van der Waals surface area contributed by atoms with E-state index in [1.807, 2.05) is 0 Å². The van der Waals surface area contributed by atoms with Crippen molar-refractivity contribution in [2.45, 2.75) is 0 Å². The van der Waals surface area contributed by atoms with E-state index >= 15 is 0 Å². The summed E-state index contributed by atoms with van der Waals surface area (Å²) >= 11 is 6.96. The largest absolute Gasteiger partial charge is 0.382 e. The molecule has 116 valence electrons. The number of nitrogens with two attached hydrogens (primary N) is 1. The van der Waals surface area contributed by atoms with Gasteiger partial charge >= 0.3 is 0 Å². The van der Waals surface area contributed by atoms with Crippen molar-refractivity contribution >= 4 is 45.4 Å². The smallest absolute Gasteiger partial charge is 0.206 e. The fourth-order valence-corrected chi connectivity index (χ4v) is 3.04. The van der Waals surface area contributed by atoms with Gasteiger partial charge in [-0.25, -0.2) is 9.37 Å². The Bertz CT molecular complexity index is 881. The van der Waals surface area contributed by atoms with Crippen LogP contribution in [0.3, 0.4) is 0 Å². The number of thiazole rings is 1. The number of benzene rings is 2. The molecule has 0 fully saturated rings. The fraction of sp³-hybridized carbons (Fsp3) is 0. The van der Waals surface area contributed by atoms with Gasteiger partial charge in [-0.1, -0.05) is 47.2 Å². The van der Waals surface area contributed by atoms with Crippen LogP contribution in [0.1, 0.15) is 15.2 Å². The van der Waals surface area contributed by atoms with Gasteiger partial charge < -0.3 is 11.1 Å². The zero-order valence-electron chi connectivity index (χ0n) is 11.7. The van der Waals surface area contributed by atoms with Gasteiger partial charge in [0, 0.05) is 10.6 Å². The standard InChI is InChI=1S/C16H11ClFN3OS/c17-10-5-3-4-9(8-10)13(22)14-15(19)21-16(23-14)20-12-7-2-1-6-11(12)18/h1-8H,19H2,(H,20,21). The van der Waals surface area contributed by atoms with Crippen LogP contribution in [-0.2, 0) is 0 Å². The predicted octanol–water partition coefficient (Wildman–Crippen LogP) is 4.49. The highest BCUT2D eigenvalue weighted by molar-refractivity contribution is 7.18. The molecule has 0 aliphatic rings. The molecule has 3 rings (SSSR count). The number of halogens is 2. The molecule has 0 bridgehead atoms. The second-order valence-electron chi connectivity index (χ2n) is 4.68. The summed E-state index contributed by atoms with van der Waals surface area (Å²) in [6, 6.07) is 12.8. The van der Waals surface area contributed by atoms with Crippen LogP contribution >= 0.6 is 22.9 Å². The van der Waals surface area contributed by atoms with E-state index in [4.69, 9.17) is 17.3 Å². The average Bonchev–Trinajstić information content (AvgIpc) is 2.89. The summed E-state index contributed by atoms with van der Waals surface area (Å²) in [5.74, 6) is -0.591. The van der Waals surface area contributed by atoms with E-state index in [0.717, 1.165) is 11.3 Å². The van der Waals surface area contributed by atoms with Gasteiger partial charge in [-0.15, -0.1) is 0 Å². The van der Waals surface area contributed by atoms with Gasteiger partial charge in [0.1, 0.15) is 16.5 Å². The number of rotatable bonds is 4. The van der Waals surface area contributed by atoms with Crippen LogP contribution in [0.15, 0.2) is 48.5 Å². The van der Waals surface area contributed by atoms with Crippen molar-refractivity contribution in [3.63, 3.8) is 0 Å². The minimum atomic E-state index is -0.413. The summed E-state index contributed by atoms with van der Waals surface area (Å²) < 4.78 is 13.7. The molecule has 0 spiro atoms. The number of ketones is 1. The Balaban J connectivity index is 1.89. The Morgan fingerprint density at radius 1 is 1.22 bits per heavy atom. The van der Waals surface area contributed by atoms with E-state index in [1.165, 1.54) is 6.07 Å². The topological polar surface area (TPSA) is 68.0 Å². The third kappa shape index (κ3) is 3.33. The molecule has 23 heavy (non-hydrogen) atoms. The molecule has 0 aliphatic carbocycles. The van der Waals surface area contributed by atoms with E-state index in [0.29, 0.717) is 15.7 Å². The average molecular weight is 348 g/mol. The number of anilines is 3. The highest BCUT2D eigenvalue weighted by Crippen LogP contribution is 2.30. The number of nitrogens with zero attached hydrogens (tertiary/aromatic N) is 1. The Hall–Kier alpha value is -2.44. The van der Waals surface area contributed by atoms with Crippen LogP contribution in [0, 0.1) is 5.82 Å². The monoisotopic (exact) mass is 347 g/mol. The Morgan fingerprint density at radius 2 is 2.00 bits per heavy atom. The zero-order valence-corrected chi connectivity index (χ0v) is 13.3. The highest BCUT2D eigenvalue weighted by atomic mass is 35.5. The third-order valence-corrected chi connectivity index (χ3v) is 4.28. The first-order valence-electron chi connectivity index (χ1n) is 6.62. The second-order valence-corrected chi connectivity index (χ2v) is 6.11. The summed E-state index contributed by atoms with van der Waals surface area (Å²) in [4.78, 5) is 16.8. The minimum Gasteiger partial charge on any atom is -0.382 e. The van der Waals surface area contributed by atoms with Crippen LogP contribution < -0.4 is 11.1 Å². The Morgan fingerprint density at radius 3 is 2.74 bits per heavy atom. The molecule has 1 aromatic heterocycles. The number of nitrogen functional groups attached to an aromatic ring is 1. The molecule has 1 heterocycles. The van der Waals surface area contributed by atoms with Crippen molar-refractivity contribution in [3.8, 4) is 0 Å². The summed E-state index contributed by atoms with van der Waals surface area (Å²) in [6.45, 7) is 0. The molecule has 0 unspecified atom stereocenters. The summed E-state index contributed by atoms with van der Waals surface area (Å²) in [5.41, 5.74) is 6.51. The van der Waals surface area contributed by atoms with E-state index < -0.39 is 5.82 Å². The molecule has 4 nitrogen and oxygen atoms in total. The van der Waals surface area contributed by atoms with Crippen molar-refractivity contribution in [1.82, 2.24) is 4.98 Å². The number of hydrogen-bond acceptors (Lipinski definition) is 5. The number of carbonyl (C=O) groups excluding carboxylic acids is 1. The van der Waals surface area contributed by atoms with Crippen LogP contribution in [0.5, 0.6) is 0 Å². The van der Waals surface area contributed by atoms with Crippen LogP contribution in [0.4, 0.5) is 21.0 Å². The maximum absolute atomic E-state index is 13.7. The molecular weight excluding hydrogens is 337 g/mol. The van der Waals surface area contributed by atoms with E-state index in [1.54, 1.807) is 42.5 Å². The molecule has 0 amide bonds. The van der Waals surface area contributed by atoms with Crippen LogP contribution in [0.25, 0.3) is 0 Å². The lowest BCUT2D eigenvalue weighted by molar-refractivity contribution is 0.104. The molecule has 3 aromatic rings. The fourth-order valence-electron chi connectivity index (χ4n) is 1.99. The quantitative estimate of drug-likeness (QED) is 0.682. The first kappa shape index (κ1) is 15.5. The summed E-state index contributed by atoms with van der Waals surface area (Å²) in [7, 11) is 0. The maximum Gasteiger partial charge on any atom is 0.206 e. The van der Waals surface area contributed by atoms with Gasteiger partial charge in [-0.3, -0.25) is 4.79 Å². The third-order valence-electron chi connectivity index (χ3n) is 3.06. The predicted molar refractivity (Wildman–Crippen MR) is 91.1 cm³/mol. The minimum absolute atomic E-state index is 0.0961. The van der Waals surface area contributed by atoms with E-state index in [2.05, 4.69) is 10.3 Å². The van der Waals surface area contributed by atoms with Crippen molar-refractivity contribution in [2.75, 3.05) is 11.1 Å². The summed E-state index contributed by atoms with van der Waals surface area (Å²) in [6.07, 6.45) is 0. The SMILES string of the molecule is Nc1nc(Nc2ccccc2F)sc1C(=O)c1cccc(Cl)c1. The van der Waals surface area contributed by atoms with Gasteiger partial charge in [-0.05, 0) is 24.3 Å². The zero-order chi connectivity index (χ0) is 16.4. The number of aromatic nitrogens is 1. The lowest BCUT2D eigenvalue weighted by Gasteiger charge is -2.02. The van der Waals surface area contributed by atoms with Gasteiger partial charge in [0.2, 0.25) is 5.78 Å². The van der Waals surface area contributed by atoms with E-state index in [-0.39, 0.29) is 22.2 Å². The van der Waals surface area contributed by atoms with Crippen molar-refractivity contribution in [1.29, 1.82) is 0 Å². The molecule has 0 aliphatic heterocycles. The molecule has 0 saturated carbocycles. The normalized spacial score (nSPS) is 10.5. The molecule has 2 aromatic carbocycles. The van der Waals surface area contributed by atoms with E-state index in [9.17, 15) is 9.18 Å². The van der Waals surface area contributed by atoms with Gasteiger partial charge in [-0.2, -0.15) is 0 Å². The van der Waals surface area contributed by atoms with Crippen molar-refractivity contribution < 1.29 is 9.18 Å². The number of carbonyl (C=O) groups is 1. The molecule has 0 radical (unpaired) electrons. The summed E-state index contributed by atoms with van der Waals surface area (Å²) in [5, 5.41) is 3.63. The lowest BCUT2D eigenvalue weighted by Crippen LogP contribution is -2.02. The van der Waals surface area contributed by atoms with Crippen LogP contribution in [-0.4, -0.2) is 10.8 Å². The lowest BCUT2D eigenvalue weighted by atomic mass is 10.1. The highest BCUT2D eigenvalue weighted by Gasteiger charge is 2.18. The molecule has 0 atom stereocenters. The van der Waals surface area contributed by atoms with Crippen molar-refractivity contribution in [2.24, 2.45) is 0 Å². The van der Waals surface area contributed by atoms with Crippen LogP contribution in [0.2, 0.25) is 5.02 Å². The Labute approximate surface area is 140 Å². The number of nitrogens with one attached hydrogen (secondary N) is 1. The van der Waals surface area contributed by atoms with Gasteiger partial charge in [0.25, 0.3) is 0 Å². The Kier molecular flexibility index (Phi) is 4.27.